The van der Waals surface area contributed by atoms with Crippen LogP contribution in [0.25, 0.3) is 0 Å². The molecular weight excluding hydrogens is 246 g/mol. The van der Waals surface area contributed by atoms with Crippen molar-refractivity contribution in [2.24, 2.45) is 5.73 Å². The first-order valence-electron chi connectivity index (χ1n) is 6.24. The highest BCUT2D eigenvalue weighted by molar-refractivity contribution is 7.99. The Balaban J connectivity index is 2.27. The lowest BCUT2D eigenvalue weighted by atomic mass is 10.2. The highest BCUT2D eigenvalue weighted by Crippen LogP contribution is 2.28. The zero-order valence-corrected chi connectivity index (χ0v) is 11.8. The van der Waals surface area contributed by atoms with E-state index in [9.17, 15) is 4.79 Å². The molecule has 4 heteroatoms. The quantitative estimate of drug-likeness (QED) is 0.772. The van der Waals surface area contributed by atoms with Crippen molar-refractivity contribution in [3.63, 3.8) is 0 Å². The summed E-state index contributed by atoms with van der Waals surface area (Å²) in [6.45, 7) is 4.34. The summed E-state index contributed by atoms with van der Waals surface area (Å²) in [5.74, 6) is 0.557. The second kappa shape index (κ2) is 8.16. The first-order valence-corrected chi connectivity index (χ1v) is 7.28. The number of esters is 1. The van der Waals surface area contributed by atoms with Crippen molar-refractivity contribution in [2.75, 3.05) is 12.4 Å². The first-order chi connectivity index (χ1) is 8.65. The molecule has 0 saturated carbocycles. The standard InChI is InChI=1S/C14H21NO2S/c1-3-17-14(16)13(15)9-10-18-11(2)12-7-5-4-6-8-12/h4-8,11,13H,3,9-10,15H2,1-2H3. The Morgan fingerprint density at radius 3 is 2.67 bits per heavy atom. The fourth-order valence-electron chi connectivity index (χ4n) is 1.56. The molecule has 1 aromatic rings. The number of nitrogens with two attached hydrogens (primary N) is 1. The number of carbonyl (C=O) groups is 1. The maximum atomic E-state index is 11.3. The van der Waals surface area contributed by atoms with E-state index in [0.717, 1.165) is 5.75 Å². The molecule has 0 aliphatic carbocycles. The third kappa shape index (κ3) is 5.10. The fourth-order valence-corrected chi connectivity index (χ4v) is 2.65. The van der Waals surface area contributed by atoms with Crippen LogP contribution in [-0.2, 0) is 9.53 Å². The average molecular weight is 267 g/mol. The maximum absolute atomic E-state index is 11.3. The van der Waals surface area contributed by atoms with Gasteiger partial charge in [0.1, 0.15) is 6.04 Å². The van der Waals surface area contributed by atoms with Gasteiger partial charge in [0.05, 0.1) is 6.61 Å². The van der Waals surface area contributed by atoms with Gasteiger partial charge < -0.3 is 10.5 Å². The number of rotatable bonds is 7. The highest BCUT2D eigenvalue weighted by Gasteiger charge is 2.14. The van der Waals surface area contributed by atoms with Gasteiger partial charge in [-0.15, -0.1) is 0 Å². The van der Waals surface area contributed by atoms with Gasteiger partial charge in [-0.3, -0.25) is 4.79 Å². The number of carbonyl (C=O) groups excluding carboxylic acids is 1. The van der Waals surface area contributed by atoms with Crippen molar-refractivity contribution in [1.29, 1.82) is 0 Å². The molecule has 1 aromatic carbocycles. The SMILES string of the molecule is CCOC(=O)C(N)CCSC(C)c1ccccc1. The van der Waals surface area contributed by atoms with Crippen LogP contribution in [0.3, 0.4) is 0 Å². The molecule has 2 N–H and O–H groups in total. The van der Waals surface area contributed by atoms with Crippen LogP contribution in [0, 0.1) is 0 Å². The van der Waals surface area contributed by atoms with Crippen LogP contribution in [0.5, 0.6) is 0 Å². The lowest BCUT2D eigenvalue weighted by molar-refractivity contribution is -0.144. The monoisotopic (exact) mass is 267 g/mol. The molecule has 0 saturated heterocycles. The van der Waals surface area contributed by atoms with Gasteiger partial charge in [0.25, 0.3) is 0 Å². The van der Waals surface area contributed by atoms with Gasteiger partial charge in [-0.05, 0) is 31.6 Å². The Kier molecular flexibility index (Phi) is 6.83. The van der Waals surface area contributed by atoms with Crippen molar-refractivity contribution < 1.29 is 9.53 Å². The minimum atomic E-state index is -0.500. The highest BCUT2D eigenvalue weighted by atomic mass is 32.2. The van der Waals surface area contributed by atoms with E-state index in [4.69, 9.17) is 10.5 Å². The molecule has 0 aliphatic rings. The van der Waals surface area contributed by atoms with Gasteiger partial charge in [-0.1, -0.05) is 30.3 Å². The lowest BCUT2D eigenvalue weighted by Gasteiger charge is -2.13. The van der Waals surface area contributed by atoms with Crippen LogP contribution < -0.4 is 5.73 Å². The van der Waals surface area contributed by atoms with Crippen molar-refractivity contribution >= 4 is 17.7 Å². The zero-order chi connectivity index (χ0) is 13.4. The molecule has 18 heavy (non-hydrogen) atoms. The molecule has 0 fully saturated rings. The summed E-state index contributed by atoms with van der Waals surface area (Å²) in [5.41, 5.74) is 7.04. The Morgan fingerprint density at radius 1 is 1.39 bits per heavy atom. The van der Waals surface area contributed by atoms with Gasteiger partial charge in [0.2, 0.25) is 0 Å². The molecular formula is C14H21NO2S. The Labute approximate surface area is 113 Å². The maximum Gasteiger partial charge on any atom is 0.322 e. The molecule has 2 atom stereocenters. The largest absolute Gasteiger partial charge is 0.465 e. The van der Waals surface area contributed by atoms with Gasteiger partial charge >= 0.3 is 5.97 Å². The molecule has 0 amide bonds. The smallest absolute Gasteiger partial charge is 0.322 e. The molecule has 3 nitrogen and oxygen atoms in total. The van der Waals surface area contributed by atoms with E-state index >= 15 is 0 Å². The zero-order valence-electron chi connectivity index (χ0n) is 11.0. The summed E-state index contributed by atoms with van der Waals surface area (Å²) >= 11 is 1.81. The van der Waals surface area contributed by atoms with Crippen LogP contribution in [0.15, 0.2) is 30.3 Å². The number of benzene rings is 1. The molecule has 0 heterocycles. The molecule has 0 aromatic heterocycles. The normalized spacial score (nSPS) is 13.9. The predicted octanol–water partition coefficient (Wildman–Crippen LogP) is 2.76. The number of ether oxygens (including phenoxy) is 1. The molecule has 0 bridgehead atoms. The second-order valence-electron chi connectivity index (χ2n) is 4.07. The van der Waals surface area contributed by atoms with Crippen LogP contribution in [0.2, 0.25) is 0 Å². The van der Waals surface area contributed by atoms with Crippen LogP contribution in [0.1, 0.15) is 31.1 Å². The van der Waals surface area contributed by atoms with Gasteiger partial charge in [-0.25, -0.2) is 0 Å². The number of thioether (sulfide) groups is 1. The van der Waals surface area contributed by atoms with Crippen LogP contribution in [-0.4, -0.2) is 24.4 Å². The van der Waals surface area contributed by atoms with Crippen molar-refractivity contribution in [3.8, 4) is 0 Å². The topological polar surface area (TPSA) is 52.3 Å². The van der Waals surface area contributed by atoms with Crippen molar-refractivity contribution in [3.05, 3.63) is 35.9 Å². The van der Waals surface area contributed by atoms with Gasteiger partial charge in [0.15, 0.2) is 0 Å². The van der Waals surface area contributed by atoms with E-state index in [1.807, 2.05) is 18.2 Å². The van der Waals surface area contributed by atoms with E-state index < -0.39 is 6.04 Å². The van der Waals surface area contributed by atoms with E-state index in [-0.39, 0.29) is 5.97 Å². The third-order valence-corrected chi connectivity index (χ3v) is 3.90. The van der Waals surface area contributed by atoms with Crippen LogP contribution in [0.4, 0.5) is 0 Å². The van der Waals surface area contributed by atoms with Crippen LogP contribution >= 0.6 is 11.8 Å². The third-order valence-electron chi connectivity index (χ3n) is 2.66. The number of hydrogen-bond donors (Lipinski definition) is 1. The molecule has 100 valence electrons. The molecule has 2 unspecified atom stereocenters. The molecule has 0 aliphatic heterocycles. The lowest BCUT2D eigenvalue weighted by Crippen LogP contribution is -2.32. The van der Waals surface area contributed by atoms with Gasteiger partial charge in [0, 0.05) is 5.25 Å². The van der Waals surface area contributed by atoms with E-state index in [0.29, 0.717) is 18.3 Å². The van der Waals surface area contributed by atoms with Crippen molar-refractivity contribution in [1.82, 2.24) is 0 Å². The van der Waals surface area contributed by atoms with E-state index in [1.54, 1.807) is 18.7 Å². The van der Waals surface area contributed by atoms with E-state index in [2.05, 4.69) is 19.1 Å². The summed E-state index contributed by atoms with van der Waals surface area (Å²) in [4.78, 5) is 11.3. The minimum Gasteiger partial charge on any atom is -0.465 e. The van der Waals surface area contributed by atoms with E-state index in [1.165, 1.54) is 5.56 Å². The van der Waals surface area contributed by atoms with Gasteiger partial charge in [-0.2, -0.15) is 11.8 Å². The molecule has 1 rings (SSSR count). The Hall–Kier alpha value is -1.00. The Bertz CT molecular complexity index is 356. The fraction of sp³-hybridized carbons (Fsp3) is 0.500. The summed E-state index contributed by atoms with van der Waals surface area (Å²) < 4.78 is 4.87. The second-order valence-corrected chi connectivity index (χ2v) is 5.52. The minimum absolute atomic E-state index is 0.300. The van der Waals surface area contributed by atoms with Crippen molar-refractivity contribution in [2.45, 2.75) is 31.6 Å². The summed E-state index contributed by atoms with van der Waals surface area (Å²) in [6.07, 6.45) is 0.653. The summed E-state index contributed by atoms with van der Waals surface area (Å²) in [7, 11) is 0. The predicted molar refractivity (Wildman–Crippen MR) is 76.5 cm³/mol. The Morgan fingerprint density at radius 2 is 2.06 bits per heavy atom. The average Bonchev–Trinajstić information content (AvgIpc) is 2.39. The molecule has 0 radical (unpaired) electrons. The summed E-state index contributed by atoms with van der Waals surface area (Å²) in [5, 5.41) is 0.417. The molecule has 0 spiro atoms. The first kappa shape index (κ1) is 15.1. The summed E-state index contributed by atoms with van der Waals surface area (Å²) in [6, 6.07) is 9.82. The number of hydrogen-bond acceptors (Lipinski definition) is 4.